The first-order valence-electron chi connectivity index (χ1n) is 11.7. The van der Waals surface area contributed by atoms with Crippen LogP contribution in [-0.4, -0.2) is 41.7 Å². The molecule has 0 aliphatic rings. The molecule has 0 saturated carbocycles. The van der Waals surface area contributed by atoms with E-state index in [1.807, 2.05) is 37.3 Å². The van der Waals surface area contributed by atoms with E-state index in [2.05, 4.69) is 11.9 Å². The van der Waals surface area contributed by atoms with Crippen LogP contribution in [0, 0.1) is 16.0 Å². The van der Waals surface area contributed by atoms with Crippen molar-refractivity contribution in [1.82, 2.24) is 5.32 Å². The summed E-state index contributed by atoms with van der Waals surface area (Å²) in [4.78, 5) is 36.4. The van der Waals surface area contributed by atoms with Crippen molar-refractivity contribution >= 4 is 17.6 Å². The number of esters is 1. The Kier molecular flexibility index (Phi) is 11.1. The highest BCUT2D eigenvalue weighted by atomic mass is 16.6. The fourth-order valence-corrected chi connectivity index (χ4v) is 3.49. The van der Waals surface area contributed by atoms with Crippen molar-refractivity contribution in [1.29, 1.82) is 0 Å². The number of nitrogens with zero attached hydrogens (tertiary/aromatic N) is 1. The van der Waals surface area contributed by atoms with Crippen LogP contribution in [0.15, 0.2) is 84.7 Å². The molecule has 0 spiro atoms. The van der Waals surface area contributed by atoms with Gasteiger partial charge in [0.1, 0.15) is 11.8 Å². The maximum Gasteiger partial charge on any atom is 0.328 e. The second-order valence-corrected chi connectivity index (χ2v) is 8.38. The first-order chi connectivity index (χ1) is 17.7. The molecule has 0 aliphatic heterocycles. The van der Waals surface area contributed by atoms with Crippen molar-refractivity contribution in [2.45, 2.75) is 32.7 Å². The predicted molar refractivity (Wildman–Crippen MR) is 140 cm³/mol. The Balaban J connectivity index is 2.16. The predicted octanol–water partition coefficient (Wildman–Crippen LogP) is 5.09. The Labute approximate surface area is 216 Å². The summed E-state index contributed by atoms with van der Waals surface area (Å²) in [7, 11) is 1.25. The molecule has 0 aromatic heterocycles. The molecule has 0 radical (unpaired) electrons. The summed E-state index contributed by atoms with van der Waals surface area (Å²) >= 11 is 0. The number of aliphatic hydroxyl groups excluding tert-OH is 1. The fourth-order valence-electron chi connectivity index (χ4n) is 3.49. The van der Waals surface area contributed by atoms with E-state index < -0.39 is 22.8 Å². The van der Waals surface area contributed by atoms with Gasteiger partial charge >= 0.3 is 11.7 Å². The quantitative estimate of drug-likeness (QED) is 0.127. The highest BCUT2D eigenvalue weighted by Gasteiger charge is 2.29. The number of aliphatic hydroxyl groups is 1. The van der Waals surface area contributed by atoms with Gasteiger partial charge in [-0.3, -0.25) is 14.9 Å². The van der Waals surface area contributed by atoms with E-state index in [-0.39, 0.29) is 35.3 Å². The number of nitro groups is 1. The number of benzene rings is 2. The molecule has 37 heavy (non-hydrogen) atoms. The molecule has 2 N–H and O–H groups in total. The summed E-state index contributed by atoms with van der Waals surface area (Å²) in [5, 5.41) is 23.6. The number of hydrogen-bond acceptors (Lipinski definition) is 7. The van der Waals surface area contributed by atoms with Gasteiger partial charge in [0.25, 0.3) is 5.91 Å². The van der Waals surface area contributed by atoms with Gasteiger partial charge in [-0.05, 0) is 43.0 Å². The van der Waals surface area contributed by atoms with Crippen LogP contribution in [0.5, 0.6) is 5.75 Å². The third-order valence-corrected chi connectivity index (χ3v) is 5.60. The van der Waals surface area contributed by atoms with Crippen molar-refractivity contribution in [2.75, 3.05) is 13.7 Å². The molecule has 2 atom stereocenters. The van der Waals surface area contributed by atoms with Gasteiger partial charge in [-0.15, -0.1) is 0 Å². The molecule has 9 nitrogen and oxygen atoms in total. The zero-order valence-corrected chi connectivity index (χ0v) is 21.2. The van der Waals surface area contributed by atoms with Crippen LogP contribution >= 0.6 is 0 Å². The second kappa shape index (κ2) is 14.2. The molecule has 9 heteroatoms. The van der Waals surface area contributed by atoms with E-state index in [0.717, 1.165) is 5.56 Å². The van der Waals surface area contributed by atoms with Crippen molar-refractivity contribution < 1.29 is 29.1 Å². The first-order valence-corrected chi connectivity index (χ1v) is 11.7. The number of nitrogens with one attached hydrogen (secondary N) is 1. The first kappa shape index (κ1) is 28.8. The molecule has 196 valence electrons. The average molecular weight is 509 g/mol. The van der Waals surface area contributed by atoms with Crippen LogP contribution in [0.3, 0.4) is 0 Å². The van der Waals surface area contributed by atoms with Crippen molar-refractivity contribution in [3.8, 4) is 5.75 Å². The van der Waals surface area contributed by atoms with Gasteiger partial charge < -0.3 is 19.9 Å². The van der Waals surface area contributed by atoms with Gasteiger partial charge in [0.2, 0.25) is 0 Å². The monoisotopic (exact) mass is 508 g/mol. The van der Waals surface area contributed by atoms with E-state index in [9.17, 15) is 24.8 Å². The lowest BCUT2D eigenvalue weighted by Gasteiger charge is -2.23. The smallest absolute Gasteiger partial charge is 0.328 e. The Morgan fingerprint density at radius 3 is 2.51 bits per heavy atom. The molecule has 0 fully saturated rings. The molecule has 2 aromatic rings. The van der Waals surface area contributed by atoms with Gasteiger partial charge in [0, 0.05) is 24.1 Å². The van der Waals surface area contributed by atoms with E-state index in [1.54, 1.807) is 13.0 Å². The minimum Gasteiger partial charge on any atom is -0.508 e. The van der Waals surface area contributed by atoms with Crippen LogP contribution in [-0.2, 0) is 16.0 Å². The van der Waals surface area contributed by atoms with Gasteiger partial charge in [0.05, 0.1) is 18.6 Å². The molecular formula is C28H32N2O7. The van der Waals surface area contributed by atoms with Gasteiger partial charge in [-0.25, -0.2) is 4.79 Å². The standard InChI is InChI=1S/C28H32N2O7/c1-5-23(31)13-11-19(2)15-16-37-25-18-22(12-14-24(25)30(34)35)27(32)29-26(28(33)36-4)20(3)17-21-9-7-6-8-10-21/h5-14,18,20,26,31H,2,15-17H2,1,3-4H3,(H,29,32)/b13-11-,23-5+. The summed E-state index contributed by atoms with van der Waals surface area (Å²) in [6.45, 7) is 7.43. The number of ether oxygens (including phenoxy) is 2. The maximum absolute atomic E-state index is 13.0. The molecule has 0 heterocycles. The Hall–Kier alpha value is -4.40. The van der Waals surface area contributed by atoms with Crippen LogP contribution in [0.25, 0.3) is 0 Å². The van der Waals surface area contributed by atoms with Crippen molar-refractivity contribution in [3.63, 3.8) is 0 Å². The Bertz CT molecular complexity index is 1170. The summed E-state index contributed by atoms with van der Waals surface area (Å²) in [5.41, 5.74) is 1.43. The summed E-state index contributed by atoms with van der Waals surface area (Å²) in [6, 6.07) is 12.4. The van der Waals surface area contributed by atoms with E-state index in [4.69, 9.17) is 9.47 Å². The van der Waals surface area contributed by atoms with Crippen LogP contribution < -0.4 is 10.1 Å². The normalized spacial score (nSPS) is 13.0. The van der Waals surface area contributed by atoms with E-state index >= 15 is 0 Å². The molecule has 0 saturated heterocycles. The lowest BCUT2D eigenvalue weighted by atomic mass is 9.93. The van der Waals surface area contributed by atoms with E-state index in [1.165, 1.54) is 37.5 Å². The number of hydrogen-bond donors (Lipinski definition) is 2. The lowest BCUT2D eigenvalue weighted by molar-refractivity contribution is -0.385. The topological polar surface area (TPSA) is 128 Å². The minimum absolute atomic E-state index is 0.0601. The molecule has 0 bridgehead atoms. The molecule has 2 unspecified atom stereocenters. The zero-order chi connectivity index (χ0) is 27.4. The third-order valence-electron chi connectivity index (χ3n) is 5.60. The minimum atomic E-state index is -0.930. The largest absolute Gasteiger partial charge is 0.508 e. The fraction of sp³-hybridized carbons (Fsp3) is 0.286. The molecule has 0 aliphatic carbocycles. The van der Waals surface area contributed by atoms with E-state index in [0.29, 0.717) is 18.4 Å². The number of allylic oxidation sites excluding steroid dienone is 3. The van der Waals surface area contributed by atoms with Crippen LogP contribution in [0.1, 0.15) is 36.2 Å². The van der Waals surface area contributed by atoms with Gasteiger partial charge in [-0.1, -0.05) is 55.5 Å². The van der Waals surface area contributed by atoms with Crippen LogP contribution in [0.4, 0.5) is 5.69 Å². The van der Waals surface area contributed by atoms with Crippen molar-refractivity contribution in [2.24, 2.45) is 5.92 Å². The number of nitro benzene ring substituents is 1. The third kappa shape index (κ3) is 8.96. The molecule has 1 amide bonds. The molecular weight excluding hydrogens is 476 g/mol. The SMILES string of the molecule is C=C(/C=C\C(O)=C/C)CCOc1cc(C(=O)NC(C(=O)OC)C(C)Cc2ccccc2)ccc1[N+](=O)[O-]. The molecule has 2 rings (SSSR count). The zero-order valence-electron chi connectivity index (χ0n) is 21.2. The Morgan fingerprint density at radius 1 is 1.19 bits per heavy atom. The molecule has 2 aromatic carbocycles. The number of methoxy groups -OCH3 is 1. The Morgan fingerprint density at radius 2 is 1.89 bits per heavy atom. The average Bonchev–Trinajstić information content (AvgIpc) is 2.89. The van der Waals surface area contributed by atoms with Crippen molar-refractivity contribution in [3.05, 3.63) is 106 Å². The van der Waals surface area contributed by atoms with Gasteiger partial charge in [-0.2, -0.15) is 0 Å². The van der Waals surface area contributed by atoms with Gasteiger partial charge in [0.15, 0.2) is 5.75 Å². The number of rotatable bonds is 13. The highest BCUT2D eigenvalue weighted by Crippen LogP contribution is 2.28. The maximum atomic E-state index is 13.0. The highest BCUT2D eigenvalue weighted by molar-refractivity contribution is 5.97. The van der Waals surface area contributed by atoms with Crippen LogP contribution in [0.2, 0.25) is 0 Å². The summed E-state index contributed by atoms with van der Waals surface area (Å²) in [6.07, 6.45) is 5.47. The lowest BCUT2D eigenvalue weighted by Crippen LogP contribution is -2.46. The number of amides is 1. The summed E-state index contributed by atoms with van der Waals surface area (Å²) < 4.78 is 10.5. The number of carbonyl (C=O) groups excluding carboxylic acids is 2. The number of carbonyl (C=O) groups is 2. The summed E-state index contributed by atoms with van der Waals surface area (Å²) in [5.74, 6) is -1.47. The second-order valence-electron chi connectivity index (χ2n) is 8.38.